The van der Waals surface area contributed by atoms with Gasteiger partial charge in [-0.15, -0.1) is 0 Å². The van der Waals surface area contributed by atoms with Gasteiger partial charge in [0, 0.05) is 12.1 Å². The second-order valence-corrected chi connectivity index (χ2v) is 5.16. The first-order valence-corrected chi connectivity index (χ1v) is 6.24. The second-order valence-electron chi connectivity index (χ2n) is 5.16. The molecule has 16 heavy (non-hydrogen) atoms. The van der Waals surface area contributed by atoms with Crippen LogP contribution in [0.5, 0.6) is 0 Å². The van der Waals surface area contributed by atoms with Gasteiger partial charge in [0.2, 0.25) is 0 Å². The van der Waals surface area contributed by atoms with Gasteiger partial charge in [0.25, 0.3) is 0 Å². The third-order valence-electron chi connectivity index (χ3n) is 3.39. The Morgan fingerprint density at radius 2 is 1.75 bits per heavy atom. The molecule has 0 heterocycles. The summed E-state index contributed by atoms with van der Waals surface area (Å²) in [5.74, 6) is 0.443. The van der Waals surface area contributed by atoms with Crippen LogP contribution in [0.25, 0.3) is 0 Å². The van der Waals surface area contributed by atoms with Crippen LogP contribution < -0.4 is 10.6 Å². The van der Waals surface area contributed by atoms with Crippen molar-refractivity contribution >= 4 is 6.03 Å². The number of amides is 2. The molecule has 0 aromatic heterocycles. The fourth-order valence-electron chi connectivity index (χ4n) is 1.82. The molecule has 1 atom stereocenters. The summed E-state index contributed by atoms with van der Waals surface area (Å²) in [4.78, 5) is 11.6. The van der Waals surface area contributed by atoms with Gasteiger partial charge in [-0.05, 0) is 38.5 Å². The largest absolute Gasteiger partial charge is 0.393 e. The van der Waals surface area contributed by atoms with Crippen molar-refractivity contribution in [2.75, 3.05) is 0 Å². The van der Waals surface area contributed by atoms with E-state index in [0.717, 1.165) is 25.7 Å². The van der Waals surface area contributed by atoms with Gasteiger partial charge < -0.3 is 15.7 Å². The van der Waals surface area contributed by atoms with Crippen LogP contribution in [-0.4, -0.2) is 29.3 Å². The van der Waals surface area contributed by atoms with E-state index in [4.69, 9.17) is 0 Å². The van der Waals surface area contributed by atoms with E-state index < -0.39 is 0 Å². The molecule has 0 aromatic carbocycles. The summed E-state index contributed by atoms with van der Waals surface area (Å²) in [6.07, 6.45) is 3.18. The fourth-order valence-corrected chi connectivity index (χ4v) is 1.82. The summed E-state index contributed by atoms with van der Waals surface area (Å²) in [6.45, 7) is 6.18. The number of hydrogen-bond acceptors (Lipinski definition) is 2. The van der Waals surface area contributed by atoms with Crippen molar-refractivity contribution in [2.24, 2.45) is 5.92 Å². The number of urea groups is 1. The maximum absolute atomic E-state index is 11.6. The van der Waals surface area contributed by atoms with Crippen molar-refractivity contribution in [1.29, 1.82) is 0 Å². The molecule has 0 bridgehead atoms. The van der Waals surface area contributed by atoms with Crippen molar-refractivity contribution in [3.05, 3.63) is 0 Å². The molecule has 1 aliphatic rings. The molecule has 1 fully saturated rings. The molecule has 0 saturated heterocycles. The number of carbonyl (C=O) groups excluding carboxylic acids is 1. The van der Waals surface area contributed by atoms with E-state index in [1.54, 1.807) is 0 Å². The zero-order chi connectivity index (χ0) is 12.1. The number of aliphatic hydroxyl groups is 1. The lowest BCUT2D eigenvalue weighted by Gasteiger charge is -2.27. The number of hydrogen-bond donors (Lipinski definition) is 3. The highest BCUT2D eigenvalue weighted by Gasteiger charge is 2.21. The summed E-state index contributed by atoms with van der Waals surface area (Å²) in [6, 6.07) is 0.333. The lowest BCUT2D eigenvalue weighted by Crippen LogP contribution is -2.48. The van der Waals surface area contributed by atoms with Crippen molar-refractivity contribution in [1.82, 2.24) is 10.6 Å². The molecule has 0 radical (unpaired) electrons. The van der Waals surface area contributed by atoms with Gasteiger partial charge in [0.15, 0.2) is 0 Å². The van der Waals surface area contributed by atoms with Crippen LogP contribution in [0, 0.1) is 5.92 Å². The van der Waals surface area contributed by atoms with Crippen LogP contribution in [0.4, 0.5) is 4.79 Å². The van der Waals surface area contributed by atoms with Crippen LogP contribution in [-0.2, 0) is 0 Å². The SMILES string of the molecule is CC(C)C(C)NC(=O)NC1CCC(O)CC1. The Balaban J connectivity index is 2.24. The molecule has 4 nitrogen and oxygen atoms in total. The van der Waals surface area contributed by atoms with Gasteiger partial charge in [-0.25, -0.2) is 4.79 Å². The summed E-state index contributed by atoms with van der Waals surface area (Å²) in [5.41, 5.74) is 0. The highest BCUT2D eigenvalue weighted by atomic mass is 16.3. The van der Waals surface area contributed by atoms with Gasteiger partial charge >= 0.3 is 6.03 Å². The number of carbonyl (C=O) groups is 1. The lowest BCUT2D eigenvalue weighted by atomic mass is 9.93. The van der Waals surface area contributed by atoms with Crippen LogP contribution in [0.1, 0.15) is 46.5 Å². The molecule has 1 unspecified atom stereocenters. The standard InChI is InChI=1S/C12H24N2O2/c1-8(2)9(3)13-12(16)14-10-4-6-11(15)7-5-10/h8-11,15H,4-7H2,1-3H3,(H2,13,14,16). The van der Waals surface area contributed by atoms with Crippen molar-refractivity contribution < 1.29 is 9.90 Å². The Morgan fingerprint density at radius 1 is 1.19 bits per heavy atom. The third kappa shape index (κ3) is 4.39. The predicted molar refractivity (Wildman–Crippen MR) is 64.2 cm³/mol. The molecule has 0 spiro atoms. The van der Waals surface area contributed by atoms with E-state index in [1.807, 2.05) is 6.92 Å². The second kappa shape index (κ2) is 6.09. The zero-order valence-electron chi connectivity index (χ0n) is 10.5. The predicted octanol–water partition coefficient (Wildman–Crippen LogP) is 1.63. The maximum Gasteiger partial charge on any atom is 0.315 e. The summed E-state index contributed by atoms with van der Waals surface area (Å²) >= 11 is 0. The van der Waals surface area contributed by atoms with Crippen molar-refractivity contribution in [2.45, 2.75) is 64.6 Å². The Kier molecular flexibility index (Phi) is 5.06. The van der Waals surface area contributed by atoms with Gasteiger partial charge in [-0.1, -0.05) is 13.8 Å². The van der Waals surface area contributed by atoms with E-state index >= 15 is 0 Å². The number of aliphatic hydroxyl groups excluding tert-OH is 1. The Hall–Kier alpha value is -0.770. The third-order valence-corrected chi connectivity index (χ3v) is 3.39. The molecule has 4 heteroatoms. The zero-order valence-corrected chi connectivity index (χ0v) is 10.5. The molecule has 0 aromatic rings. The van der Waals surface area contributed by atoms with E-state index in [2.05, 4.69) is 24.5 Å². The Labute approximate surface area is 97.8 Å². The molecule has 0 aliphatic heterocycles. The van der Waals surface area contributed by atoms with Gasteiger partial charge in [0.05, 0.1) is 6.10 Å². The molecule has 1 saturated carbocycles. The number of rotatable bonds is 3. The number of nitrogens with one attached hydrogen (secondary N) is 2. The average Bonchev–Trinajstić information content (AvgIpc) is 2.21. The Morgan fingerprint density at radius 3 is 2.25 bits per heavy atom. The molecule has 3 N–H and O–H groups in total. The first-order valence-electron chi connectivity index (χ1n) is 6.24. The van der Waals surface area contributed by atoms with Crippen LogP contribution in [0.2, 0.25) is 0 Å². The van der Waals surface area contributed by atoms with Crippen molar-refractivity contribution in [3.8, 4) is 0 Å². The smallest absolute Gasteiger partial charge is 0.315 e. The first kappa shape index (κ1) is 13.3. The maximum atomic E-state index is 11.6. The van der Waals surface area contributed by atoms with Gasteiger partial charge in [-0.2, -0.15) is 0 Å². The van der Waals surface area contributed by atoms with Crippen LogP contribution >= 0.6 is 0 Å². The minimum Gasteiger partial charge on any atom is -0.393 e. The first-order chi connectivity index (χ1) is 7.49. The van der Waals surface area contributed by atoms with Gasteiger partial charge in [0.1, 0.15) is 0 Å². The van der Waals surface area contributed by atoms with E-state index in [-0.39, 0.29) is 24.2 Å². The summed E-state index contributed by atoms with van der Waals surface area (Å²) in [7, 11) is 0. The molecule has 2 amide bonds. The van der Waals surface area contributed by atoms with Gasteiger partial charge in [-0.3, -0.25) is 0 Å². The van der Waals surface area contributed by atoms with Crippen molar-refractivity contribution in [3.63, 3.8) is 0 Å². The molecule has 1 rings (SSSR count). The normalized spacial score (nSPS) is 27.6. The van der Waals surface area contributed by atoms with E-state index in [1.165, 1.54) is 0 Å². The topological polar surface area (TPSA) is 61.4 Å². The summed E-state index contributed by atoms with van der Waals surface area (Å²) in [5, 5.41) is 15.2. The fraction of sp³-hybridized carbons (Fsp3) is 0.917. The average molecular weight is 228 g/mol. The molecular weight excluding hydrogens is 204 g/mol. The quantitative estimate of drug-likeness (QED) is 0.687. The monoisotopic (exact) mass is 228 g/mol. The van der Waals surface area contributed by atoms with Crippen LogP contribution in [0.15, 0.2) is 0 Å². The van der Waals surface area contributed by atoms with Crippen LogP contribution in [0.3, 0.4) is 0 Å². The molecular formula is C12H24N2O2. The van der Waals surface area contributed by atoms with E-state index in [0.29, 0.717) is 5.92 Å². The Bertz CT molecular complexity index is 223. The minimum atomic E-state index is -0.171. The summed E-state index contributed by atoms with van der Waals surface area (Å²) < 4.78 is 0. The molecule has 1 aliphatic carbocycles. The highest BCUT2D eigenvalue weighted by molar-refractivity contribution is 5.74. The minimum absolute atomic E-state index is 0.0809. The van der Waals surface area contributed by atoms with E-state index in [9.17, 15) is 9.90 Å². The molecule has 94 valence electrons. The highest BCUT2D eigenvalue weighted by Crippen LogP contribution is 2.18. The lowest BCUT2D eigenvalue weighted by molar-refractivity contribution is 0.117.